The van der Waals surface area contributed by atoms with E-state index in [0.29, 0.717) is 19.4 Å². The minimum Gasteiger partial charge on any atom is -0.396 e. The van der Waals surface area contributed by atoms with Gasteiger partial charge < -0.3 is 10.4 Å². The smallest absolute Gasteiger partial charge is 0.221 e. The number of carbonyl (C=O) groups excluding carboxylic acids is 1. The Morgan fingerprint density at radius 1 is 1.25 bits per heavy atom. The molecular weight excluding hydrogens is 280 g/mol. The molecule has 0 unspecified atom stereocenters. The maximum Gasteiger partial charge on any atom is 0.221 e. The van der Waals surface area contributed by atoms with Gasteiger partial charge in [0.2, 0.25) is 15.9 Å². The monoisotopic (exact) mass is 304 g/mol. The van der Waals surface area contributed by atoms with E-state index >= 15 is 0 Å². The van der Waals surface area contributed by atoms with Crippen molar-refractivity contribution in [1.29, 1.82) is 0 Å². The molecule has 116 valence electrons. The van der Waals surface area contributed by atoms with E-state index in [1.165, 1.54) is 4.31 Å². The number of carbonyl (C=O) groups is 1. The first kappa shape index (κ1) is 15.7. The van der Waals surface area contributed by atoms with Crippen molar-refractivity contribution in [2.45, 2.75) is 50.5 Å². The normalized spacial score (nSPS) is 24.9. The van der Waals surface area contributed by atoms with Crippen molar-refractivity contribution in [2.75, 3.05) is 25.4 Å². The lowest BCUT2D eigenvalue weighted by molar-refractivity contribution is -0.123. The molecule has 6 nitrogen and oxygen atoms in total. The zero-order valence-electron chi connectivity index (χ0n) is 11.8. The minimum absolute atomic E-state index is 0.0702. The molecule has 1 heterocycles. The first-order valence-corrected chi connectivity index (χ1v) is 8.98. The fraction of sp³-hybridized carbons (Fsp3) is 0.923. The van der Waals surface area contributed by atoms with Crippen LogP contribution >= 0.6 is 0 Å². The number of hydrogen-bond donors (Lipinski definition) is 2. The van der Waals surface area contributed by atoms with Crippen LogP contribution in [-0.4, -0.2) is 54.7 Å². The number of nitrogens with one attached hydrogen (secondary N) is 1. The van der Waals surface area contributed by atoms with E-state index in [4.69, 9.17) is 5.11 Å². The molecule has 2 fully saturated rings. The molecule has 2 N–H and O–H groups in total. The second kappa shape index (κ2) is 6.41. The summed E-state index contributed by atoms with van der Waals surface area (Å²) in [6.45, 7) is 0.863. The number of sulfonamides is 1. The number of aliphatic hydroxyl groups excluding tert-OH is 1. The van der Waals surface area contributed by atoms with E-state index in [0.717, 1.165) is 25.7 Å². The fourth-order valence-corrected chi connectivity index (χ4v) is 4.76. The zero-order valence-corrected chi connectivity index (χ0v) is 12.6. The van der Waals surface area contributed by atoms with E-state index in [2.05, 4.69) is 5.32 Å². The molecule has 7 heteroatoms. The average molecular weight is 304 g/mol. The third kappa shape index (κ3) is 3.71. The van der Waals surface area contributed by atoms with Gasteiger partial charge in [-0.15, -0.1) is 0 Å². The van der Waals surface area contributed by atoms with Gasteiger partial charge in [-0.05, 0) is 25.7 Å². The Morgan fingerprint density at radius 3 is 2.50 bits per heavy atom. The Morgan fingerprint density at radius 2 is 1.95 bits per heavy atom. The van der Waals surface area contributed by atoms with Gasteiger partial charge in [-0.25, -0.2) is 12.7 Å². The lowest BCUT2D eigenvalue weighted by atomic mass is 9.93. The van der Waals surface area contributed by atoms with Gasteiger partial charge in [0.25, 0.3) is 0 Å². The molecule has 0 atom stereocenters. The Balaban J connectivity index is 1.83. The van der Waals surface area contributed by atoms with Crippen LogP contribution in [0.5, 0.6) is 0 Å². The Bertz CT molecular complexity index is 443. The highest BCUT2D eigenvalue weighted by molar-refractivity contribution is 7.89. The topological polar surface area (TPSA) is 86.7 Å². The summed E-state index contributed by atoms with van der Waals surface area (Å²) >= 11 is 0. The van der Waals surface area contributed by atoms with E-state index < -0.39 is 10.0 Å². The fourth-order valence-electron chi connectivity index (χ4n) is 3.23. The molecular formula is C13H24N2O4S. The molecule has 2 aliphatic rings. The first-order valence-electron chi connectivity index (χ1n) is 7.37. The molecule has 2 rings (SSSR count). The highest BCUT2D eigenvalue weighted by atomic mass is 32.2. The summed E-state index contributed by atoms with van der Waals surface area (Å²) in [5.74, 6) is 0.0886. The molecule has 0 bridgehead atoms. The molecule has 20 heavy (non-hydrogen) atoms. The van der Waals surface area contributed by atoms with Gasteiger partial charge in [0.05, 0.1) is 5.75 Å². The van der Waals surface area contributed by atoms with Crippen molar-refractivity contribution in [3.8, 4) is 0 Å². The van der Waals surface area contributed by atoms with E-state index in [1.54, 1.807) is 0 Å². The molecule has 1 saturated carbocycles. The van der Waals surface area contributed by atoms with Gasteiger partial charge in [-0.3, -0.25) is 4.79 Å². The molecule has 0 spiro atoms. The van der Waals surface area contributed by atoms with Crippen molar-refractivity contribution in [1.82, 2.24) is 9.62 Å². The van der Waals surface area contributed by atoms with E-state index in [9.17, 15) is 13.2 Å². The van der Waals surface area contributed by atoms with E-state index in [1.807, 2.05) is 0 Å². The predicted octanol–water partition coefficient (Wildman–Crippen LogP) is 0.223. The van der Waals surface area contributed by atoms with Gasteiger partial charge >= 0.3 is 0 Å². The van der Waals surface area contributed by atoms with E-state index in [-0.39, 0.29) is 36.8 Å². The van der Waals surface area contributed by atoms with Crippen LogP contribution in [0.2, 0.25) is 0 Å². The van der Waals surface area contributed by atoms with Crippen LogP contribution in [-0.2, 0) is 14.8 Å². The molecule has 0 aromatic carbocycles. The predicted molar refractivity (Wildman–Crippen MR) is 75.6 cm³/mol. The highest BCUT2D eigenvalue weighted by Crippen LogP contribution is 2.32. The summed E-state index contributed by atoms with van der Waals surface area (Å²) in [6, 6.07) is 0. The van der Waals surface area contributed by atoms with Crippen LogP contribution < -0.4 is 5.32 Å². The minimum atomic E-state index is -3.12. The average Bonchev–Trinajstić information content (AvgIpc) is 2.94. The van der Waals surface area contributed by atoms with Gasteiger partial charge in [0, 0.05) is 31.7 Å². The largest absolute Gasteiger partial charge is 0.396 e. The maximum absolute atomic E-state index is 12.0. The van der Waals surface area contributed by atoms with Gasteiger partial charge in [-0.2, -0.15) is 0 Å². The summed E-state index contributed by atoms with van der Waals surface area (Å²) < 4.78 is 24.7. The summed E-state index contributed by atoms with van der Waals surface area (Å²) in [7, 11) is -3.12. The summed E-state index contributed by atoms with van der Waals surface area (Å²) in [6.07, 6.45) is 5.38. The number of rotatable bonds is 6. The third-order valence-electron chi connectivity index (χ3n) is 4.35. The first-order chi connectivity index (χ1) is 9.47. The van der Waals surface area contributed by atoms with Gasteiger partial charge in [0.15, 0.2) is 0 Å². The van der Waals surface area contributed by atoms with Gasteiger partial charge in [-0.1, -0.05) is 12.8 Å². The Labute approximate surface area is 120 Å². The summed E-state index contributed by atoms with van der Waals surface area (Å²) in [4.78, 5) is 12.0. The summed E-state index contributed by atoms with van der Waals surface area (Å²) in [5, 5.41) is 12.2. The molecule has 1 amide bonds. The molecule has 1 saturated heterocycles. The second-order valence-electron chi connectivity index (χ2n) is 5.83. The lowest BCUT2D eigenvalue weighted by Crippen LogP contribution is -2.47. The third-order valence-corrected chi connectivity index (χ3v) is 6.30. The van der Waals surface area contributed by atoms with Crippen LogP contribution in [0.1, 0.15) is 44.9 Å². The van der Waals surface area contributed by atoms with Crippen LogP contribution in [0.3, 0.4) is 0 Å². The lowest BCUT2D eigenvalue weighted by Gasteiger charge is -2.30. The molecule has 0 radical (unpaired) electrons. The second-order valence-corrected chi connectivity index (χ2v) is 7.92. The molecule has 0 aromatic heterocycles. The molecule has 1 aliphatic carbocycles. The summed E-state index contributed by atoms with van der Waals surface area (Å²) in [5.41, 5.74) is -0.268. The number of aliphatic hydroxyl groups is 1. The van der Waals surface area contributed by atoms with Gasteiger partial charge in [0.1, 0.15) is 0 Å². The zero-order chi connectivity index (χ0) is 14.6. The van der Waals surface area contributed by atoms with Crippen molar-refractivity contribution in [3.63, 3.8) is 0 Å². The molecule has 1 aliphatic heterocycles. The van der Waals surface area contributed by atoms with Crippen molar-refractivity contribution < 1.29 is 18.3 Å². The van der Waals surface area contributed by atoms with Crippen molar-refractivity contribution >= 4 is 15.9 Å². The quantitative estimate of drug-likeness (QED) is 0.735. The molecule has 0 aromatic rings. The Kier molecular flexibility index (Phi) is 5.04. The highest BCUT2D eigenvalue weighted by Gasteiger charge is 2.35. The van der Waals surface area contributed by atoms with Crippen molar-refractivity contribution in [2.24, 2.45) is 0 Å². The van der Waals surface area contributed by atoms with Crippen LogP contribution in [0.25, 0.3) is 0 Å². The van der Waals surface area contributed by atoms with Crippen LogP contribution in [0.4, 0.5) is 0 Å². The number of hydrogen-bond acceptors (Lipinski definition) is 4. The SMILES string of the molecule is O=C(CCN1CCCS1(=O)=O)NC1(CCO)CCCC1. The number of nitrogens with zero attached hydrogens (tertiary/aromatic N) is 1. The Hall–Kier alpha value is -0.660. The number of amides is 1. The van der Waals surface area contributed by atoms with Crippen LogP contribution in [0, 0.1) is 0 Å². The van der Waals surface area contributed by atoms with Crippen LogP contribution in [0.15, 0.2) is 0 Å². The van der Waals surface area contributed by atoms with Crippen molar-refractivity contribution in [3.05, 3.63) is 0 Å². The maximum atomic E-state index is 12.0. The standard InChI is InChI=1S/C13H24N2O4S/c16-10-7-13(5-1-2-6-13)14-12(17)4-9-15-8-3-11-20(15,18)19/h16H,1-11H2,(H,14,17).